The smallest absolute Gasteiger partial charge is 0.196 e. The van der Waals surface area contributed by atoms with Crippen molar-refractivity contribution in [1.82, 2.24) is 19.7 Å². The molecule has 4 aromatic rings. The summed E-state index contributed by atoms with van der Waals surface area (Å²) < 4.78 is 35.0. The maximum absolute atomic E-state index is 14.1. The number of pyridine rings is 1. The third-order valence-corrected chi connectivity index (χ3v) is 5.33. The average molecular weight is 424 g/mol. The molecule has 0 saturated carbocycles. The lowest BCUT2D eigenvalue weighted by Gasteiger charge is -2.11. The van der Waals surface area contributed by atoms with E-state index >= 15 is 0 Å². The van der Waals surface area contributed by atoms with Gasteiger partial charge in [0, 0.05) is 35.0 Å². The van der Waals surface area contributed by atoms with Crippen molar-refractivity contribution < 1.29 is 13.5 Å². The zero-order chi connectivity index (χ0) is 20.9. The van der Waals surface area contributed by atoms with E-state index in [4.69, 9.17) is 4.74 Å². The Balaban J connectivity index is 1.71. The number of aromatic nitrogens is 4. The molecule has 0 amide bonds. The second-order valence-corrected chi connectivity index (χ2v) is 7.25. The summed E-state index contributed by atoms with van der Waals surface area (Å²) in [5.41, 5.74) is 1.89. The molecule has 0 saturated heterocycles. The summed E-state index contributed by atoms with van der Waals surface area (Å²) in [4.78, 5) is 4.16. The van der Waals surface area contributed by atoms with Gasteiger partial charge in [0.1, 0.15) is 5.75 Å². The molecule has 0 bridgehead atoms. The van der Waals surface area contributed by atoms with Gasteiger partial charge in [0.15, 0.2) is 22.6 Å². The number of rotatable bonds is 7. The fraction of sp³-hybridized carbons (Fsp3) is 0.136. The van der Waals surface area contributed by atoms with E-state index in [9.17, 15) is 8.78 Å². The molecule has 2 heterocycles. The van der Waals surface area contributed by atoms with Crippen molar-refractivity contribution in [3.8, 4) is 22.8 Å². The maximum atomic E-state index is 14.1. The Morgan fingerprint density at radius 1 is 1.00 bits per heavy atom. The van der Waals surface area contributed by atoms with Gasteiger partial charge < -0.3 is 4.74 Å². The Bertz CT molecular complexity index is 1130. The molecule has 0 radical (unpaired) electrons. The fourth-order valence-electron chi connectivity index (χ4n) is 2.94. The molecular weight excluding hydrogens is 406 g/mol. The molecular formula is C22H18F2N4OS. The van der Waals surface area contributed by atoms with E-state index in [1.165, 1.54) is 17.8 Å². The Morgan fingerprint density at radius 2 is 1.83 bits per heavy atom. The molecule has 4 rings (SSSR count). The van der Waals surface area contributed by atoms with Crippen LogP contribution < -0.4 is 4.74 Å². The highest BCUT2D eigenvalue weighted by Crippen LogP contribution is 2.31. The zero-order valence-corrected chi connectivity index (χ0v) is 16.9. The molecule has 0 fully saturated rings. The molecule has 0 aliphatic heterocycles. The molecule has 0 aliphatic carbocycles. The van der Waals surface area contributed by atoms with Crippen LogP contribution in [-0.4, -0.2) is 26.4 Å². The van der Waals surface area contributed by atoms with Crippen LogP contribution in [0.1, 0.15) is 12.5 Å². The first-order chi connectivity index (χ1) is 14.7. The average Bonchev–Trinajstić information content (AvgIpc) is 3.20. The van der Waals surface area contributed by atoms with Crippen LogP contribution in [0.5, 0.6) is 5.75 Å². The third kappa shape index (κ3) is 4.18. The monoisotopic (exact) mass is 424 g/mol. The van der Waals surface area contributed by atoms with Crippen molar-refractivity contribution in [3.63, 3.8) is 0 Å². The van der Waals surface area contributed by atoms with Gasteiger partial charge in [-0.05, 0) is 49.4 Å². The summed E-state index contributed by atoms with van der Waals surface area (Å²) in [6.45, 7) is 2.50. The van der Waals surface area contributed by atoms with Crippen molar-refractivity contribution in [2.24, 2.45) is 0 Å². The summed E-state index contributed by atoms with van der Waals surface area (Å²) in [7, 11) is 0. The van der Waals surface area contributed by atoms with Crippen molar-refractivity contribution in [1.29, 1.82) is 0 Å². The molecule has 5 nitrogen and oxygen atoms in total. The Hall–Kier alpha value is -3.26. The Labute approximate surface area is 176 Å². The van der Waals surface area contributed by atoms with E-state index in [1.54, 1.807) is 18.5 Å². The van der Waals surface area contributed by atoms with Crippen LogP contribution in [0.3, 0.4) is 0 Å². The Morgan fingerprint density at radius 3 is 2.57 bits per heavy atom. The van der Waals surface area contributed by atoms with Crippen LogP contribution >= 0.6 is 11.8 Å². The van der Waals surface area contributed by atoms with E-state index in [-0.39, 0.29) is 11.3 Å². The van der Waals surface area contributed by atoms with Crippen LogP contribution in [-0.2, 0) is 5.75 Å². The number of nitrogens with zero attached hydrogens (tertiary/aromatic N) is 4. The summed E-state index contributed by atoms with van der Waals surface area (Å²) >= 11 is 1.28. The lowest BCUT2D eigenvalue weighted by atomic mass is 10.2. The topological polar surface area (TPSA) is 52.8 Å². The lowest BCUT2D eigenvalue weighted by molar-refractivity contribution is 0.340. The summed E-state index contributed by atoms with van der Waals surface area (Å²) in [5.74, 6) is -0.129. The quantitative estimate of drug-likeness (QED) is 0.377. The number of hydrogen-bond acceptors (Lipinski definition) is 5. The van der Waals surface area contributed by atoms with Gasteiger partial charge in [-0.1, -0.05) is 23.9 Å². The molecule has 0 aliphatic rings. The molecule has 0 N–H and O–H groups in total. The minimum Gasteiger partial charge on any atom is -0.494 e. The maximum Gasteiger partial charge on any atom is 0.196 e. The van der Waals surface area contributed by atoms with Crippen LogP contribution in [0.2, 0.25) is 0 Å². The molecule has 30 heavy (non-hydrogen) atoms. The van der Waals surface area contributed by atoms with Crippen LogP contribution in [0.4, 0.5) is 8.78 Å². The van der Waals surface area contributed by atoms with Crippen LogP contribution in [0.25, 0.3) is 17.1 Å². The second kappa shape index (κ2) is 9.04. The van der Waals surface area contributed by atoms with Gasteiger partial charge in [-0.25, -0.2) is 8.78 Å². The first-order valence-electron chi connectivity index (χ1n) is 9.32. The van der Waals surface area contributed by atoms with Crippen LogP contribution in [0, 0.1) is 11.6 Å². The molecule has 8 heteroatoms. The number of thioether (sulfide) groups is 1. The first-order valence-corrected chi connectivity index (χ1v) is 10.3. The van der Waals surface area contributed by atoms with Crippen molar-refractivity contribution in [3.05, 3.63) is 84.2 Å². The van der Waals surface area contributed by atoms with Crippen LogP contribution in [0.15, 0.2) is 72.1 Å². The van der Waals surface area contributed by atoms with Gasteiger partial charge in [-0.15, -0.1) is 10.2 Å². The highest BCUT2D eigenvalue weighted by Gasteiger charge is 2.18. The molecule has 0 atom stereocenters. The van der Waals surface area contributed by atoms with Gasteiger partial charge in [-0.2, -0.15) is 0 Å². The van der Waals surface area contributed by atoms with Gasteiger partial charge in [0.05, 0.1) is 6.61 Å². The van der Waals surface area contributed by atoms with Crippen molar-refractivity contribution in [2.75, 3.05) is 6.61 Å². The lowest BCUT2D eigenvalue weighted by Crippen LogP contribution is -2.01. The highest BCUT2D eigenvalue weighted by atomic mass is 32.2. The van der Waals surface area contributed by atoms with E-state index < -0.39 is 11.6 Å². The molecule has 0 spiro atoms. The largest absolute Gasteiger partial charge is 0.494 e. The first kappa shape index (κ1) is 20.0. The van der Waals surface area contributed by atoms with Gasteiger partial charge in [-0.3, -0.25) is 9.55 Å². The van der Waals surface area contributed by atoms with E-state index in [2.05, 4.69) is 15.2 Å². The summed E-state index contributed by atoms with van der Waals surface area (Å²) in [5, 5.41) is 9.18. The summed E-state index contributed by atoms with van der Waals surface area (Å²) in [6, 6.07) is 15.4. The number of hydrogen-bond donors (Lipinski definition) is 0. The predicted molar refractivity (Wildman–Crippen MR) is 112 cm³/mol. The minimum absolute atomic E-state index is 0.214. The van der Waals surface area contributed by atoms with Crippen molar-refractivity contribution in [2.45, 2.75) is 17.8 Å². The molecule has 2 aromatic carbocycles. The SMILES string of the molecule is CCOc1ccc(-n2c(SCc3cccc(F)c3F)nnc2-c2cccnc2)cc1. The standard InChI is InChI=1S/C22H18F2N4OS/c1-2-29-18-10-8-17(9-11-18)28-21(15-6-4-12-25-13-15)26-27-22(28)30-14-16-5-3-7-19(23)20(16)24/h3-13H,2,14H2,1H3. The fourth-order valence-corrected chi connectivity index (χ4v) is 3.87. The minimum atomic E-state index is -0.864. The number of ether oxygens (including phenoxy) is 1. The highest BCUT2D eigenvalue weighted by molar-refractivity contribution is 7.98. The molecule has 2 aromatic heterocycles. The zero-order valence-electron chi connectivity index (χ0n) is 16.1. The van der Waals surface area contributed by atoms with Gasteiger partial charge in [0.2, 0.25) is 0 Å². The Kier molecular flexibility index (Phi) is 6.04. The van der Waals surface area contributed by atoms with Crippen molar-refractivity contribution >= 4 is 11.8 Å². The van der Waals surface area contributed by atoms with E-state index in [0.29, 0.717) is 17.6 Å². The number of halogens is 2. The van der Waals surface area contributed by atoms with Gasteiger partial charge >= 0.3 is 0 Å². The van der Waals surface area contributed by atoms with E-state index in [1.807, 2.05) is 47.9 Å². The normalized spacial score (nSPS) is 10.9. The molecule has 0 unspecified atom stereocenters. The summed E-state index contributed by atoms with van der Waals surface area (Å²) in [6.07, 6.45) is 3.39. The van der Waals surface area contributed by atoms with Gasteiger partial charge in [0.25, 0.3) is 0 Å². The predicted octanol–water partition coefficient (Wildman–Crippen LogP) is 5.30. The van der Waals surface area contributed by atoms with E-state index in [0.717, 1.165) is 23.1 Å². The molecule has 152 valence electrons. The third-order valence-electron chi connectivity index (χ3n) is 4.35. The number of benzene rings is 2. The second-order valence-electron chi connectivity index (χ2n) is 6.31.